The first-order valence-electron chi connectivity index (χ1n) is 4.91. The molecule has 0 aliphatic carbocycles. The Morgan fingerprint density at radius 1 is 1.27 bits per heavy atom. The molecule has 1 heterocycles. The summed E-state index contributed by atoms with van der Waals surface area (Å²) in [4.78, 5) is 0. The van der Waals surface area contributed by atoms with Gasteiger partial charge in [0.1, 0.15) is 5.03 Å². The van der Waals surface area contributed by atoms with Gasteiger partial charge in [-0.05, 0) is 48.0 Å². The van der Waals surface area contributed by atoms with Crippen molar-refractivity contribution in [2.24, 2.45) is 5.41 Å². The van der Waals surface area contributed by atoms with E-state index in [1.165, 1.54) is 18.0 Å². The van der Waals surface area contributed by atoms with Crippen molar-refractivity contribution in [3.05, 3.63) is 5.38 Å². The van der Waals surface area contributed by atoms with Crippen molar-refractivity contribution in [3.8, 4) is 0 Å². The van der Waals surface area contributed by atoms with Gasteiger partial charge in [-0.25, -0.2) is 0 Å². The van der Waals surface area contributed by atoms with Gasteiger partial charge >= 0.3 is 0 Å². The summed E-state index contributed by atoms with van der Waals surface area (Å²) in [6, 6.07) is 0. The lowest BCUT2D eigenvalue weighted by molar-refractivity contribution is 0.340. The van der Waals surface area contributed by atoms with Gasteiger partial charge in [-0.3, -0.25) is 0 Å². The summed E-state index contributed by atoms with van der Waals surface area (Å²) in [5, 5.41) is 7.04. The Labute approximate surface area is 104 Å². The summed E-state index contributed by atoms with van der Waals surface area (Å²) in [5.41, 5.74) is 0.372. The standard InChI is InChI=1S/C10H18N2S3/c1-9(2,3)7-10(4,5)15-14-8-6-13-12-11-8/h6H,7H2,1-5H3. The van der Waals surface area contributed by atoms with Gasteiger partial charge in [-0.15, -0.1) is 5.10 Å². The van der Waals surface area contributed by atoms with Crippen molar-refractivity contribution in [1.29, 1.82) is 0 Å². The Morgan fingerprint density at radius 3 is 2.40 bits per heavy atom. The van der Waals surface area contributed by atoms with Crippen molar-refractivity contribution in [2.45, 2.75) is 50.8 Å². The number of nitrogens with zero attached hydrogens (tertiary/aromatic N) is 2. The summed E-state index contributed by atoms with van der Waals surface area (Å²) in [5.74, 6) is 0. The first-order chi connectivity index (χ1) is 6.79. The number of hydrogen-bond acceptors (Lipinski definition) is 5. The molecule has 0 unspecified atom stereocenters. The SMILES string of the molecule is CC(C)(C)CC(C)(C)SSc1csnn1. The molecule has 0 bridgehead atoms. The summed E-state index contributed by atoms with van der Waals surface area (Å²) in [6.45, 7) is 11.4. The van der Waals surface area contributed by atoms with Crippen LogP contribution in [0, 0.1) is 5.41 Å². The van der Waals surface area contributed by atoms with Gasteiger partial charge in [0.15, 0.2) is 0 Å². The van der Waals surface area contributed by atoms with E-state index >= 15 is 0 Å². The van der Waals surface area contributed by atoms with Crippen molar-refractivity contribution in [1.82, 2.24) is 9.59 Å². The molecule has 1 aromatic heterocycles. The Hall–Kier alpha value is 0.260. The Balaban J connectivity index is 2.43. The smallest absolute Gasteiger partial charge is 0.131 e. The van der Waals surface area contributed by atoms with E-state index in [4.69, 9.17) is 0 Å². The molecule has 15 heavy (non-hydrogen) atoms. The summed E-state index contributed by atoms with van der Waals surface area (Å²) >= 11 is 1.41. The molecule has 0 saturated carbocycles. The van der Waals surface area contributed by atoms with E-state index in [2.05, 4.69) is 44.2 Å². The fourth-order valence-electron chi connectivity index (χ4n) is 1.65. The lowest BCUT2D eigenvalue weighted by Gasteiger charge is -2.30. The van der Waals surface area contributed by atoms with E-state index in [0.29, 0.717) is 5.41 Å². The third-order valence-corrected chi connectivity index (χ3v) is 5.47. The first-order valence-corrected chi connectivity index (χ1v) is 7.90. The van der Waals surface area contributed by atoms with Crippen LogP contribution >= 0.6 is 33.1 Å². The molecule has 0 aromatic carbocycles. The van der Waals surface area contributed by atoms with Crippen molar-refractivity contribution < 1.29 is 0 Å². The van der Waals surface area contributed by atoms with Crippen LogP contribution in [0.2, 0.25) is 0 Å². The second-order valence-corrected chi connectivity index (χ2v) is 8.87. The van der Waals surface area contributed by atoms with E-state index in [1.54, 1.807) is 10.8 Å². The maximum atomic E-state index is 4.03. The highest BCUT2D eigenvalue weighted by molar-refractivity contribution is 8.77. The predicted molar refractivity (Wildman–Crippen MR) is 71.5 cm³/mol. The minimum absolute atomic E-state index is 0.270. The molecule has 5 heteroatoms. The Bertz CT molecular complexity index is 288. The van der Waals surface area contributed by atoms with Gasteiger partial charge < -0.3 is 0 Å². The van der Waals surface area contributed by atoms with Gasteiger partial charge in [0, 0.05) is 10.1 Å². The van der Waals surface area contributed by atoms with Crippen LogP contribution < -0.4 is 0 Å². The van der Waals surface area contributed by atoms with Gasteiger partial charge in [-0.1, -0.05) is 36.1 Å². The molecule has 0 N–H and O–H groups in total. The van der Waals surface area contributed by atoms with Crippen LogP contribution in [-0.4, -0.2) is 14.3 Å². The Kier molecular flexibility index (Phi) is 4.50. The zero-order valence-electron chi connectivity index (χ0n) is 9.90. The second-order valence-electron chi connectivity index (χ2n) is 5.41. The molecule has 0 radical (unpaired) electrons. The fraction of sp³-hybridized carbons (Fsp3) is 0.800. The zero-order chi connectivity index (χ0) is 11.5. The lowest BCUT2D eigenvalue weighted by atomic mass is 9.86. The molecular formula is C10H18N2S3. The van der Waals surface area contributed by atoms with Gasteiger partial charge in [0.25, 0.3) is 0 Å². The van der Waals surface area contributed by atoms with Gasteiger partial charge in [-0.2, -0.15) is 0 Å². The molecule has 0 spiro atoms. The summed E-state index contributed by atoms with van der Waals surface area (Å²) < 4.78 is 4.13. The molecule has 0 amide bonds. The molecule has 0 saturated heterocycles. The van der Waals surface area contributed by atoms with Crippen LogP contribution in [0.3, 0.4) is 0 Å². The number of rotatable bonds is 4. The molecule has 0 aliphatic rings. The topological polar surface area (TPSA) is 25.8 Å². The van der Waals surface area contributed by atoms with Gasteiger partial charge in [0.05, 0.1) is 0 Å². The average Bonchev–Trinajstić information content (AvgIpc) is 2.47. The summed E-state index contributed by atoms with van der Waals surface area (Å²) in [7, 11) is 3.61. The Morgan fingerprint density at radius 2 is 1.93 bits per heavy atom. The van der Waals surface area contributed by atoms with Crippen LogP contribution in [0.15, 0.2) is 10.4 Å². The maximum Gasteiger partial charge on any atom is 0.142 e. The highest BCUT2D eigenvalue weighted by Gasteiger charge is 2.26. The minimum atomic E-state index is 0.270. The molecule has 1 aromatic rings. The zero-order valence-corrected chi connectivity index (χ0v) is 12.4. The third kappa shape index (κ3) is 5.78. The molecule has 86 valence electrons. The van der Waals surface area contributed by atoms with Crippen LogP contribution in [0.1, 0.15) is 41.0 Å². The number of hydrogen-bond donors (Lipinski definition) is 0. The molecule has 1 rings (SSSR count). The van der Waals surface area contributed by atoms with Crippen molar-refractivity contribution in [3.63, 3.8) is 0 Å². The number of aromatic nitrogens is 2. The molecule has 0 aliphatic heterocycles. The van der Waals surface area contributed by atoms with E-state index < -0.39 is 0 Å². The van der Waals surface area contributed by atoms with Crippen LogP contribution in [0.4, 0.5) is 0 Å². The average molecular weight is 262 g/mol. The quantitative estimate of drug-likeness (QED) is 0.747. The maximum absolute atomic E-state index is 4.03. The van der Waals surface area contributed by atoms with Crippen molar-refractivity contribution in [2.75, 3.05) is 0 Å². The summed E-state index contributed by atoms with van der Waals surface area (Å²) in [6.07, 6.45) is 1.19. The molecule has 2 nitrogen and oxygen atoms in total. The van der Waals surface area contributed by atoms with Crippen LogP contribution in [-0.2, 0) is 0 Å². The van der Waals surface area contributed by atoms with E-state index in [0.717, 1.165) is 5.03 Å². The van der Waals surface area contributed by atoms with Crippen LogP contribution in [0.25, 0.3) is 0 Å². The van der Waals surface area contributed by atoms with Crippen molar-refractivity contribution >= 4 is 33.1 Å². The van der Waals surface area contributed by atoms with E-state index in [-0.39, 0.29) is 4.75 Å². The predicted octanol–water partition coefficient (Wildman–Crippen LogP) is 4.49. The van der Waals surface area contributed by atoms with E-state index in [9.17, 15) is 0 Å². The highest BCUT2D eigenvalue weighted by Crippen LogP contribution is 2.45. The fourth-order valence-corrected chi connectivity index (χ4v) is 4.75. The normalized spacial score (nSPS) is 13.1. The highest BCUT2D eigenvalue weighted by atomic mass is 33.1. The molecule has 0 fully saturated rings. The second kappa shape index (κ2) is 5.06. The first kappa shape index (κ1) is 13.3. The van der Waals surface area contributed by atoms with Gasteiger partial charge in [0.2, 0.25) is 0 Å². The minimum Gasteiger partial charge on any atom is -0.131 e. The van der Waals surface area contributed by atoms with E-state index in [1.807, 2.05) is 16.2 Å². The molecule has 0 atom stereocenters. The lowest BCUT2D eigenvalue weighted by Crippen LogP contribution is -2.22. The van der Waals surface area contributed by atoms with Crippen LogP contribution in [0.5, 0.6) is 0 Å². The third-order valence-electron chi connectivity index (χ3n) is 1.65. The largest absolute Gasteiger partial charge is 0.142 e. The monoisotopic (exact) mass is 262 g/mol. The molecular weight excluding hydrogens is 244 g/mol.